The van der Waals surface area contributed by atoms with Crippen molar-refractivity contribution in [1.82, 2.24) is 10.6 Å². The van der Waals surface area contributed by atoms with Crippen molar-refractivity contribution < 1.29 is 29.2 Å². The number of nitrogens with one attached hydrogen (secondary N) is 2. The van der Waals surface area contributed by atoms with E-state index in [0.717, 1.165) is 0 Å². The summed E-state index contributed by atoms with van der Waals surface area (Å²) in [7, 11) is 1.43. The number of benzene rings is 1. The molecule has 10 nitrogen and oxygen atoms in total. The standard InChI is InChI=1S/C15H19N3O7/c1-25-9-7-12(15(21)22)17-13(19)6-8-16-14(20)10-2-4-11(5-3-10)18(23)24/h2-5,12H,6-9H2,1H3,(H,16,20)(H,17,19)(H,21,22). The van der Waals surface area contributed by atoms with Gasteiger partial charge in [0.05, 0.1) is 4.92 Å². The second-order valence-electron chi connectivity index (χ2n) is 5.05. The quantitative estimate of drug-likeness (QED) is 0.405. The molecule has 0 spiro atoms. The minimum absolute atomic E-state index is 0.00172. The number of aliphatic carboxylic acids is 1. The molecule has 0 aromatic heterocycles. The highest BCUT2D eigenvalue weighted by Gasteiger charge is 2.19. The number of carbonyl (C=O) groups is 3. The number of hydrogen-bond donors (Lipinski definition) is 3. The summed E-state index contributed by atoms with van der Waals surface area (Å²) >= 11 is 0. The Bertz CT molecular complexity index is 631. The predicted molar refractivity (Wildman–Crippen MR) is 86.1 cm³/mol. The summed E-state index contributed by atoms with van der Waals surface area (Å²) in [5, 5.41) is 24.3. The lowest BCUT2D eigenvalue weighted by Gasteiger charge is -2.14. The van der Waals surface area contributed by atoms with Crippen LogP contribution in [0.1, 0.15) is 23.2 Å². The van der Waals surface area contributed by atoms with Crippen LogP contribution in [0.5, 0.6) is 0 Å². The zero-order chi connectivity index (χ0) is 18.8. The minimum atomic E-state index is -1.17. The Labute approximate surface area is 143 Å². The lowest BCUT2D eigenvalue weighted by molar-refractivity contribution is -0.384. The van der Waals surface area contributed by atoms with Gasteiger partial charge in [-0.3, -0.25) is 19.7 Å². The van der Waals surface area contributed by atoms with E-state index in [9.17, 15) is 24.5 Å². The maximum atomic E-state index is 11.9. The molecular formula is C15H19N3O7. The number of carbonyl (C=O) groups excluding carboxylic acids is 2. The fraction of sp³-hybridized carbons (Fsp3) is 0.400. The van der Waals surface area contributed by atoms with Crippen molar-refractivity contribution in [3.8, 4) is 0 Å². The zero-order valence-electron chi connectivity index (χ0n) is 13.6. The normalized spacial score (nSPS) is 11.4. The van der Waals surface area contributed by atoms with Crippen molar-refractivity contribution in [3.05, 3.63) is 39.9 Å². The number of hydrogen-bond acceptors (Lipinski definition) is 6. The highest BCUT2D eigenvalue weighted by molar-refractivity contribution is 5.94. The van der Waals surface area contributed by atoms with Gasteiger partial charge in [0.15, 0.2) is 0 Å². The molecule has 1 unspecified atom stereocenters. The molecule has 0 saturated carbocycles. The number of carboxylic acids is 1. The van der Waals surface area contributed by atoms with E-state index >= 15 is 0 Å². The SMILES string of the molecule is COCCC(NC(=O)CCNC(=O)c1ccc([N+](=O)[O-])cc1)C(=O)O. The molecule has 0 aliphatic rings. The van der Waals surface area contributed by atoms with Crippen LogP contribution in [0, 0.1) is 10.1 Å². The number of non-ortho nitro benzene ring substituents is 1. The Morgan fingerprint density at radius 2 is 1.92 bits per heavy atom. The number of carboxylic acid groups (broad SMARTS) is 1. The molecule has 0 bridgehead atoms. The number of rotatable bonds is 10. The smallest absolute Gasteiger partial charge is 0.326 e. The van der Waals surface area contributed by atoms with Gasteiger partial charge in [-0.05, 0) is 12.1 Å². The molecule has 25 heavy (non-hydrogen) atoms. The molecule has 1 atom stereocenters. The van der Waals surface area contributed by atoms with Gasteiger partial charge in [-0.2, -0.15) is 0 Å². The third-order valence-corrected chi connectivity index (χ3v) is 3.22. The molecule has 136 valence electrons. The van der Waals surface area contributed by atoms with Crippen LogP contribution >= 0.6 is 0 Å². The Balaban J connectivity index is 2.42. The third kappa shape index (κ3) is 6.96. The van der Waals surface area contributed by atoms with E-state index in [2.05, 4.69) is 10.6 Å². The van der Waals surface area contributed by atoms with E-state index in [1.54, 1.807) is 0 Å². The van der Waals surface area contributed by atoms with Crippen LogP contribution in [0.3, 0.4) is 0 Å². The molecule has 3 N–H and O–H groups in total. The Hall–Kier alpha value is -3.01. The summed E-state index contributed by atoms with van der Waals surface area (Å²) in [4.78, 5) is 44.5. The van der Waals surface area contributed by atoms with Crippen molar-refractivity contribution in [2.24, 2.45) is 0 Å². The van der Waals surface area contributed by atoms with Gasteiger partial charge in [-0.15, -0.1) is 0 Å². The zero-order valence-corrected chi connectivity index (χ0v) is 13.6. The average Bonchev–Trinajstić information content (AvgIpc) is 2.58. The second kappa shape index (κ2) is 9.98. The lowest BCUT2D eigenvalue weighted by Crippen LogP contribution is -2.42. The molecule has 10 heteroatoms. The fourth-order valence-electron chi connectivity index (χ4n) is 1.89. The van der Waals surface area contributed by atoms with E-state index in [0.29, 0.717) is 0 Å². The largest absolute Gasteiger partial charge is 0.480 e. The van der Waals surface area contributed by atoms with Crippen LogP contribution < -0.4 is 10.6 Å². The number of ether oxygens (including phenoxy) is 1. The summed E-state index contributed by atoms with van der Waals surface area (Å²) in [6.07, 6.45) is 0.0300. The molecule has 0 aliphatic heterocycles. The number of nitrogens with zero attached hydrogens (tertiary/aromatic N) is 1. The molecule has 0 saturated heterocycles. The summed E-state index contributed by atoms with van der Waals surface area (Å²) in [6.45, 7) is 0.187. The first kappa shape index (κ1) is 20.0. The van der Waals surface area contributed by atoms with E-state index in [4.69, 9.17) is 9.84 Å². The lowest BCUT2D eigenvalue weighted by atomic mass is 10.2. The van der Waals surface area contributed by atoms with Gasteiger partial charge in [0.2, 0.25) is 5.91 Å². The van der Waals surface area contributed by atoms with Crippen LogP contribution in [-0.2, 0) is 14.3 Å². The molecule has 1 aromatic carbocycles. The summed E-state index contributed by atoms with van der Waals surface area (Å²) in [5.41, 5.74) is 0.0845. The fourth-order valence-corrected chi connectivity index (χ4v) is 1.89. The topological polar surface area (TPSA) is 148 Å². The van der Waals surface area contributed by atoms with Gasteiger partial charge in [-0.25, -0.2) is 4.79 Å². The number of nitro benzene ring substituents is 1. The van der Waals surface area contributed by atoms with Crippen LogP contribution in [0.25, 0.3) is 0 Å². The summed E-state index contributed by atoms with van der Waals surface area (Å²) in [5.74, 6) is -2.18. The maximum Gasteiger partial charge on any atom is 0.326 e. The predicted octanol–water partition coefficient (Wildman–Crippen LogP) is 0.321. The second-order valence-corrected chi connectivity index (χ2v) is 5.05. The molecule has 0 radical (unpaired) electrons. The van der Waals surface area contributed by atoms with Gasteiger partial charge in [0.25, 0.3) is 11.6 Å². The van der Waals surface area contributed by atoms with E-state index in [1.165, 1.54) is 31.4 Å². The van der Waals surface area contributed by atoms with Crippen molar-refractivity contribution in [3.63, 3.8) is 0 Å². The van der Waals surface area contributed by atoms with E-state index < -0.39 is 28.7 Å². The average molecular weight is 353 g/mol. The first-order valence-electron chi connectivity index (χ1n) is 7.39. The maximum absolute atomic E-state index is 11.9. The van der Waals surface area contributed by atoms with Crippen molar-refractivity contribution in [2.45, 2.75) is 18.9 Å². The molecule has 0 heterocycles. The van der Waals surface area contributed by atoms with Crippen molar-refractivity contribution in [2.75, 3.05) is 20.3 Å². The molecular weight excluding hydrogens is 334 g/mol. The van der Waals surface area contributed by atoms with Gasteiger partial charge in [-0.1, -0.05) is 0 Å². The van der Waals surface area contributed by atoms with Crippen molar-refractivity contribution >= 4 is 23.5 Å². The van der Waals surface area contributed by atoms with Crippen LogP contribution in [0.4, 0.5) is 5.69 Å². The molecule has 0 aliphatic carbocycles. The number of amides is 2. The minimum Gasteiger partial charge on any atom is -0.480 e. The van der Waals surface area contributed by atoms with Crippen LogP contribution in [0.15, 0.2) is 24.3 Å². The molecule has 0 fully saturated rings. The Morgan fingerprint density at radius 1 is 1.28 bits per heavy atom. The Morgan fingerprint density at radius 3 is 2.44 bits per heavy atom. The number of nitro groups is 1. The number of methoxy groups -OCH3 is 1. The van der Waals surface area contributed by atoms with E-state index in [1.807, 2.05) is 0 Å². The van der Waals surface area contributed by atoms with Gasteiger partial charge < -0.3 is 20.5 Å². The summed E-state index contributed by atoms with van der Waals surface area (Å²) in [6, 6.07) is 3.96. The molecule has 1 rings (SSSR count). The van der Waals surface area contributed by atoms with Gasteiger partial charge >= 0.3 is 5.97 Å². The third-order valence-electron chi connectivity index (χ3n) is 3.22. The highest BCUT2D eigenvalue weighted by Crippen LogP contribution is 2.11. The van der Waals surface area contributed by atoms with Crippen molar-refractivity contribution in [1.29, 1.82) is 0 Å². The van der Waals surface area contributed by atoms with Crippen LogP contribution in [-0.4, -0.2) is 54.1 Å². The van der Waals surface area contributed by atoms with E-state index in [-0.39, 0.29) is 37.2 Å². The Kier molecular flexibility index (Phi) is 8.00. The van der Waals surface area contributed by atoms with Gasteiger partial charge in [0, 0.05) is 50.8 Å². The first-order valence-corrected chi connectivity index (χ1v) is 7.39. The van der Waals surface area contributed by atoms with Crippen LogP contribution in [0.2, 0.25) is 0 Å². The highest BCUT2D eigenvalue weighted by atomic mass is 16.6. The monoisotopic (exact) mass is 353 g/mol. The molecule has 1 aromatic rings. The first-order chi connectivity index (χ1) is 11.8. The molecule has 2 amide bonds. The van der Waals surface area contributed by atoms with Gasteiger partial charge in [0.1, 0.15) is 6.04 Å². The summed E-state index contributed by atoms with van der Waals surface area (Å²) < 4.78 is 4.78.